The normalized spacial score (nSPS) is 11.9. The van der Waals surface area contributed by atoms with E-state index < -0.39 is 34.2 Å². The summed E-state index contributed by atoms with van der Waals surface area (Å²) in [6, 6.07) is 17.0. The smallest absolute Gasteiger partial charge is 0.417 e. The van der Waals surface area contributed by atoms with Crippen molar-refractivity contribution in [3.05, 3.63) is 89.5 Å². The molecule has 1 amide bonds. The summed E-state index contributed by atoms with van der Waals surface area (Å²) in [5.41, 5.74) is 2.06. The van der Waals surface area contributed by atoms with Gasteiger partial charge in [0.2, 0.25) is 0 Å². The van der Waals surface area contributed by atoms with E-state index in [0.29, 0.717) is 12.4 Å². The molecule has 0 unspecified atom stereocenters. The van der Waals surface area contributed by atoms with E-state index in [2.05, 4.69) is 10.5 Å². The molecule has 0 saturated carbocycles. The molecule has 0 saturated heterocycles. The zero-order valence-electron chi connectivity index (χ0n) is 19.5. The zero-order valence-corrected chi connectivity index (χ0v) is 20.3. The number of hydrogen-bond donors (Lipinski definition) is 1. The average molecular weight is 520 g/mol. The third-order valence-corrected chi connectivity index (χ3v) is 6.78. The van der Waals surface area contributed by atoms with Gasteiger partial charge in [-0.15, -0.1) is 0 Å². The van der Waals surface area contributed by atoms with Gasteiger partial charge in [0.25, 0.3) is 15.9 Å². The molecule has 0 heterocycles. The summed E-state index contributed by atoms with van der Waals surface area (Å²) < 4.78 is 72.5. The predicted molar refractivity (Wildman–Crippen MR) is 131 cm³/mol. The lowest BCUT2D eigenvalue weighted by Gasteiger charge is -2.24. The Morgan fingerprint density at radius 3 is 2.28 bits per heavy atom. The second kappa shape index (κ2) is 11.3. The summed E-state index contributed by atoms with van der Waals surface area (Å²) in [6.45, 7) is 3.38. The van der Waals surface area contributed by atoms with Gasteiger partial charge < -0.3 is 4.74 Å². The molecule has 7 nitrogen and oxygen atoms in total. The first-order valence-electron chi connectivity index (χ1n) is 10.8. The first-order chi connectivity index (χ1) is 17.0. The number of halogens is 3. The van der Waals surface area contributed by atoms with Gasteiger partial charge in [0.1, 0.15) is 12.3 Å². The maximum absolute atomic E-state index is 13.4. The minimum absolute atomic E-state index is 0.0677. The molecule has 0 fully saturated rings. The molecule has 0 aliphatic heterocycles. The van der Waals surface area contributed by atoms with Crippen LogP contribution in [0.15, 0.2) is 82.8 Å². The van der Waals surface area contributed by atoms with Crippen LogP contribution in [0, 0.1) is 6.92 Å². The Labute approximate surface area is 207 Å². The summed E-state index contributed by atoms with van der Waals surface area (Å²) in [5, 5.41) is 3.60. The summed E-state index contributed by atoms with van der Waals surface area (Å²) in [7, 11) is -4.18. The molecule has 1 N–H and O–H groups in total. The SMILES string of the molecule is CCOc1ccc(S(=O)(=O)N(CC(=O)N/N=C\c2ccccc2C(F)(F)F)c2ccc(C)cc2)cc1. The largest absolute Gasteiger partial charge is 0.494 e. The van der Waals surface area contributed by atoms with Crippen LogP contribution in [0.5, 0.6) is 5.75 Å². The van der Waals surface area contributed by atoms with Gasteiger partial charge in [-0.1, -0.05) is 35.9 Å². The molecule has 0 radical (unpaired) electrons. The number of aryl methyl sites for hydroxylation is 1. The molecule has 0 spiro atoms. The van der Waals surface area contributed by atoms with Gasteiger partial charge in [-0.25, -0.2) is 13.8 Å². The number of sulfonamides is 1. The number of anilines is 1. The van der Waals surface area contributed by atoms with Gasteiger partial charge in [-0.05, 0) is 56.3 Å². The molecular weight excluding hydrogens is 495 g/mol. The van der Waals surface area contributed by atoms with Crippen molar-refractivity contribution in [3.8, 4) is 5.75 Å². The van der Waals surface area contributed by atoms with Gasteiger partial charge in [0.15, 0.2) is 0 Å². The minimum atomic E-state index is -4.60. The van der Waals surface area contributed by atoms with Crippen molar-refractivity contribution in [2.75, 3.05) is 17.5 Å². The monoisotopic (exact) mass is 519 g/mol. The lowest BCUT2D eigenvalue weighted by molar-refractivity contribution is -0.137. The van der Waals surface area contributed by atoms with Gasteiger partial charge in [-0.2, -0.15) is 18.3 Å². The molecule has 0 aromatic heterocycles. The van der Waals surface area contributed by atoms with Crippen molar-refractivity contribution < 1.29 is 31.1 Å². The highest BCUT2D eigenvalue weighted by atomic mass is 32.2. The molecular formula is C25H24F3N3O4S. The molecule has 0 atom stereocenters. The first kappa shape index (κ1) is 26.7. The second-order valence-corrected chi connectivity index (χ2v) is 9.49. The van der Waals surface area contributed by atoms with E-state index in [1.165, 1.54) is 42.5 Å². The number of hydrazone groups is 1. The molecule has 11 heteroatoms. The molecule has 3 aromatic rings. The van der Waals surface area contributed by atoms with E-state index >= 15 is 0 Å². The van der Waals surface area contributed by atoms with Crippen molar-refractivity contribution in [2.24, 2.45) is 5.10 Å². The average Bonchev–Trinajstić information content (AvgIpc) is 2.83. The number of hydrogen-bond acceptors (Lipinski definition) is 5. The molecule has 0 bridgehead atoms. The number of nitrogens with one attached hydrogen (secondary N) is 1. The number of amides is 1. The minimum Gasteiger partial charge on any atom is -0.494 e. The fourth-order valence-electron chi connectivity index (χ4n) is 3.24. The van der Waals surface area contributed by atoms with E-state index in [1.54, 1.807) is 31.2 Å². The van der Waals surface area contributed by atoms with Gasteiger partial charge >= 0.3 is 6.18 Å². The fraction of sp³-hybridized carbons (Fsp3) is 0.200. The van der Waals surface area contributed by atoms with Crippen LogP contribution < -0.4 is 14.5 Å². The maximum Gasteiger partial charge on any atom is 0.417 e. The van der Waals surface area contributed by atoms with Crippen LogP contribution >= 0.6 is 0 Å². The molecule has 0 aliphatic rings. The summed E-state index contributed by atoms with van der Waals surface area (Å²) >= 11 is 0. The summed E-state index contributed by atoms with van der Waals surface area (Å²) in [6.07, 6.45) is -3.74. The summed E-state index contributed by atoms with van der Waals surface area (Å²) in [4.78, 5) is 12.5. The van der Waals surface area contributed by atoms with Crippen LogP contribution in [0.4, 0.5) is 18.9 Å². The van der Waals surface area contributed by atoms with Crippen LogP contribution in [-0.4, -0.2) is 33.7 Å². The Balaban J connectivity index is 1.84. The summed E-state index contributed by atoms with van der Waals surface area (Å²) in [5.74, 6) is -0.351. The molecule has 3 rings (SSSR count). The topological polar surface area (TPSA) is 88.1 Å². The highest BCUT2D eigenvalue weighted by molar-refractivity contribution is 7.92. The lowest BCUT2D eigenvalue weighted by Crippen LogP contribution is -2.39. The van der Waals surface area contributed by atoms with Crippen LogP contribution in [0.2, 0.25) is 0 Å². The molecule has 36 heavy (non-hydrogen) atoms. The van der Waals surface area contributed by atoms with Crippen molar-refractivity contribution in [2.45, 2.75) is 24.9 Å². The highest BCUT2D eigenvalue weighted by Crippen LogP contribution is 2.31. The first-order valence-corrected chi connectivity index (χ1v) is 12.3. The lowest BCUT2D eigenvalue weighted by atomic mass is 10.1. The van der Waals surface area contributed by atoms with Gasteiger partial charge in [0.05, 0.1) is 29.0 Å². The molecule has 0 aliphatic carbocycles. The van der Waals surface area contributed by atoms with E-state index in [0.717, 1.165) is 22.1 Å². The number of carbonyl (C=O) groups is 1. The standard InChI is InChI=1S/C25H24F3N3O4S/c1-3-35-21-12-14-22(15-13-21)36(33,34)31(20-10-8-18(2)9-11-20)17-24(32)30-29-16-19-6-4-5-7-23(19)25(26,27)28/h4-16H,3,17H2,1-2H3,(H,30,32)/b29-16-. The fourth-order valence-corrected chi connectivity index (χ4v) is 4.66. The third-order valence-electron chi connectivity index (χ3n) is 4.99. The van der Waals surface area contributed by atoms with E-state index in [-0.39, 0.29) is 16.1 Å². The van der Waals surface area contributed by atoms with E-state index in [9.17, 15) is 26.4 Å². The Morgan fingerprint density at radius 1 is 1.03 bits per heavy atom. The predicted octanol–water partition coefficient (Wildman–Crippen LogP) is 4.76. The van der Waals surface area contributed by atoms with Crippen LogP contribution in [0.3, 0.4) is 0 Å². The van der Waals surface area contributed by atoms with E-state index in [4.69, 9.17) is 4.74 Å². The number of ether oxygens (including phenoxy) is 1. The van der Waals surface area contributed by atoms with Crippen LogP contribution in [0.25, 0.3) is 0 Å². The Bertz CT molecular complexity index is 1320. The Hall–Kier alpha value is -3.86. The number of alkyl halides is 3. The number of nitrogens with zero attached hydrogens (tertiary/aromatic N) is 2. The van der Waals surface area contributed by atoms with Crippen molar-refractivity contribution in [3.63, 3.8) is 0 Å². The highest BCUT2D eigenvalue weighted by Gasteiger charge is 2.32. The number of rotatable bonds is 9. The Kier molecular flexibility index (Phi) is 8.36. The molecule has 3 aromatic carbocycles. The van der Waals surface area contributed by atoms with E-state index in [1.807, 2.05) is 6.92 Å². The third kappa shape index (κ3) is 6.63. The van der Waals surface area contributed by atoms with Gasteiger partial charge in [-0.3, -0.25) is 9.10 Å². The zero-order chi connectivity index (χ0) is 26.3. The van der Waals surface area contributed by atoms with Gasteiger partial charge in [0, 0.05) is 5.56 Å². The van der Waals surface area contributed by atoms with Crippen LogP contribution in [-0.2, 0) is 21.0 Å². The maximum atomic E-state index is 13.4. The number of carbonyl (C=O) groups excluding carboxylic acids is 1. The van der Waals surface area contributed by atoms with Crippen molar-refractivity contribution in [1.29, 1.82) is 0 Å². The quantitative estimate of drug-likeness (QED) is 0.326. The molecule has 190 valence electrons. The number of benzene rings is 3. The van der Waals surface area contributed by atoms with Crippen molar-refractivity contribution >= 4 is 27.8 Å². The van der Waals surface area contributed by atoms with Crippen LogP contribution in [0.1, 0.15) is 23.6 Å². The second-order valence-electron chi connectivity index (χ2n) is 7.63. The van der Waals surface area contributed by atoms with Crippen molar-refractivity contribution in [1.82, 2.24) is 5.43 Å². The Morgan fingerprint density at radius 2 is 1.67 bits per heavy atom.